The van der Waals surface area contributed by atoms with Gasteiger partial charge in [-0.25, -0.2) is 17.5 Å². The Labute approximate surface area is 130 Å². The number of rotatable bonds is 6. The fraction of sp³-hybridized carbons (Fsp3) is 0.455. The molecule has 1 atom stereocenters. The molecule has 3 nitrogen and oxygen atoms in total. The summed E-state index contributed by atoms with van der Waals surface area (Å²) in [4.78, 5) is 0.0107. The third-order valence-corrected chi connectivity index (χ3v) is 5.09. The molecule has 108 valence electrons. The minimum atomic E-state index is -3.82. The number of hydrogen-bond acceptors (Lipinski definition) is 2. The van der Waals surface area contributed by atoms with Gasteiger partial charge < -0.3 is 0 Å². The van der Waals surface area contributed by atoms with Crippen LogP contribution in [-0.4, -0.2) is 19.8 Å². The van der Waals surface area contributed by atoms with Crippen LogP contribution in [0.25, 0.3) is 0 Å². The fourth-order valence-corrected chi connectivity index (χ4v) is 3.52. The van der Waals surface area contributed by atoms with Crippen molar-refractivity contribution < 1.29 is 12.8 Å². The maximum Gasteiger partial charge on any atom is 0.242 e. The molecule has 8 heteroatoms. The summed E-state index contributed by atoms with van der Waals surface area (Å²) >= 11 is 14.5. The molecule has 0 saturated heterocycles. The fourth-order valence-electron chi connectivity index (χ4n) is 1.38. The van der Waals surface area contributed by atoms with E-state index in [1.54, 1.807) is 0 Å². The van der Waals surface area contributed by atoms with Crippen molar-refractivity contribution in [2.24, 2.45) is 0 Å². The molecule has 0 heterocycles. The van der Waals surface area contributed by atoms with E-state index in [0.29, 0.717) is 11.2 Å². The van der Waals surface area contributed by atoms with Crippen LogP contribution in [0.4, 0.5) is 4.39 Å². The summed E-state index contributed by atoms with van der Waals surface area (Å²) in [7, 11) is -3.82. The highest BCUT2D eigenvalue weighted by molar-refractivity contribution is 9.09. The van der Waals surface area contributed by atoms with Crippen LogP contribution in [0.3, 0.4) is 0 Å². The van der Waals surface area contributed by atoms with E-state index >= 15 is 0 Å². The summed E-state index contributed by atoms with van der Waals surface area (Å²) in [5.41, 5.74) is 0. The van der Waals surface area contributed by atoms with Crippen molar-refractivity contribution in [1.82, 2.24) is 4.72 Å². The zero-order valence-electron chi connectivity index (χ0n) is 10.1. The topological polar surface area (TPSA) is 46.2 Å². The van der Waals surface area contributed by atoms with E-state index in [9.17, 15) is 12.8 Å². The Morgan fingerprint density at radius 1 is 1.42 bits per heavy atom. The van der Waals surface area contributed by atoms with E-state index in [1.807, 2.05) is 6.92 Å². The van der Waals surface area contributed by atoms with Crippen molar-refractivity contribution >= 4 is 49.2 Å². The lowest BCUT2D eigenvalue weighted by Crippen LogP contribution is -2.25. The van der Waals surface area contributed by atoms with Gasteiger partial charge in [-0.2, -0.15) is 0 Å². The monoisotopic (exact) mass is 391 g/mol. The standard InChI is InChI=1S/C11H13BrCl2FNO2S/c1-7(12)3-2-6-16-19(17,18)9-5-4-8(13)11(15)10(9)14/h4-5,7,16H,2-3,6H2,1H3. The molecule has 0 fully saturated rings. The van der Waals surface area contributed by atoms with Crippen LogP contribution in [0.2, 0.25) is 10.0 Å². The second-order valence-electron chi connectivity index (χ2n) is 3.99. The van der Waals surface area contributed by atoms with E-state index in [2.05, 4.69) is 20.7 Å². The maximum absolute atomic E-state index is 13.5. The lowest BCUT2D eigenvalue weighted by atomic mass is 10.2. The van der Waals surface area contributed by atoms with Gasteiger partial charge in [0.2, 0.25) is 10.0 Å². The Bertz CT molecular complexity index is 552. The largest absolute Gasteiger partial charge is 0.242 e. The van der Waals surface area contributed by atoms with Crippen LogP contribution in [0, 0.1) is 5.82 Å². The van der Waals surface area contributed by atoms with E-state index < -0.39 is 20.9 Å². The zero-order chi connectivity index (χ0) is 14.6. The van der Waals surface area contributed by atoms with Gasteiger partial charge >= 0.3 is 0 Å². The number of sulfonamides is 1. The van der Waals surface area contributed by atoms with Crippen LogP contribution in [0.15, 0.2) is 17.0 Å². The molecule has 1 unspecified atom stereocenters. The lowest BCUT2D eigenvalue weighted by molar-refractivity contribution is 0.573. The number of nitrogens with one attached hydrogen (secondary N) is 1. The average molecular weight is 393 g/mol. The van der Waals surface area contributed by atoms with Gasteiger partial charge in [0.25, 0.3) is 0 Å². The summed E-state index contributed by atoms with van der Waals surface area (Å²) < 4.78 is 39.7. The van der Waals surface area contributed by atoms with E-state index in [-0.39, 0.29) is 16.5 Å². The molecule has 0 radical (unpaired) electrons. The predicted molar refractivity (Wildman–Crippen MR) is 79.2 cm³/mol. The molecule has 0 spiro atoms. The van der Waals surface area contributed by atoms with E-state index in [0.717, 1.165) is 12.5 Å². The van der Waals surface area contributed by atoms with Gasteiger partial charge in [0.15, 0.2) is 5.82 Å². The Morgan fingerprint density at radius 2 is 2.05 bits per heavy atom. The Kier molecular flexibility index (Phi) is 6.53. The lowest BCUT2D eigenvalue weighted by Gasteiger charge is -2.09. The Morgan fingerprint density at radius 3 is 2.63 bits per heavy atom. The number of hydrogen-bond donors (Lipinski definition) is 1. The highest BCUT2D eigenvalue weighted by Crippen LogP contribution is 2.29. The zero-order valence-corrected chi connectivity index (χ0v) is 14.0. The Balaban J connectivity index is 2.81. The minimum Gasteiger partial charge on any atom is -0.211 e. The van der Waals surface area contributed by atoms with Crippen LogP contribution in [0.1, 0.15) is 19.8 Å². The van der Waals surface area contributed by atoms with Gasteiger partial charge in [-0.05, 0) is 25.0 Å². The van der Waals surface area contributed by atoms with E-state index in [1.165, 1.54) is 6.07 Å². The molecule has 0 saturated carbocycles. The van der Waals surface area contributed by atoms with Crippen LogP contribution < -0.4 is 4.72 Å². The molecule has 0 aromatic heterocycles. The summed E-state index contributed by atoms with van der Waals surface area (Å²) in [6, 6.07) is 2.35. The van der Waals surface area contributed by atoms with E-state index in [4.69, 9.17) is 23.2 Å². The molecule has 1 rings (SSSR count). The molecular formula is C11H13BrCl2FNO2S. The number of benzene rings is 1. The van der Waals surface area contributed by atoms with Crippen LogP contribution >= 0.6 is 39.1 Å². The van der Waals surface area contributed by atoms with Crippen molar-refractivity contribution in [3.63, 3.8) is 0 Å². The highest BCUT2D eigenvalue weighted by atomic mass is 79.9. The third kappa shape index (κ3) is 4.86. The third-order valence-electron chi connectivity index (χ3n) is 2.36. The predicted octanol–water partition coefficient (Wildman–Crippen LogP) is 3.97. The van der Waals surface area contributed by atoms with Gasteiger partial charge in [-0.15, -0.1) is 0 Å². The van der Waals surface area contributed by atoms with Crippen molar-refractivity contribution in [3.05, 3.63) is 28.0 Å². The molecule has 1 aromatic carbocycles. The van der Waals surface area contributed by atoms with Gasteiger partial charge in [0.1, 0.15) is 4.90 Å². The molecule has 1 aromatic rings. The average Bonchev–Trinajstić information content (AvgIpc) is 2.31. The first-order valence-corrected chi connectivity index (χ1v) is 8.68. The summed E-state index contributed by atoms with van der Waals surface area (Å²) in [6.45, 7) is 2.23. The van der Waals surface area contributed by atoms with Crippen molar-refractivity contribution in [1.29, 1.82) is 0 Å². The molecule has 0 aliphatic carbocycles. The molecule has 0 bridgehead atoms. The van der Waals surface area contributed by atoms with Crippen LogP contribution in [0.5, 0.6) is 0 Å². The summed E-state index contributed by atoms with van der Waals surface area (Å²) in [5, 5.41) is -0.703. The number of halogens is 4. The van der Waals surface area contributed by atoms with Gasteiger partial charge in [0.05, 0.1) is 10.0 Å². The highest BCUT2D eigenvalue weighted by Gasteiger charge is 2.21. The van der Waals surface area contributed by atoms with Crippen molar-refractivity contribution in [3.8, 4) is 0 Å². The first-order valence-electron chi connectivity index (χ1n) is 5.53. The first kappa shape index (κ1) is 17.2. The van der Waals surface area contributed by atoms with Crippen molar-refractivity contribution in [2.75, 3.05) is 6.54 Å². The van der Waals surface area contributed by atoms with Gasteiger partial charge in [0, 0.05) is 11.4 Å². The molecule has 0 amide bonds. The van der Waals surface area contributed by atoms with Gasteiger partial charge in [-0.1, -0.05) is 46.1 Å². The van der Waals surface area contributed by atoms with Crippen molar-refractivity contribution in [2.45, 2.75) is 29.5 Å². The quantitative estimate of drug-likeness (QED) is 0.452. The second kappa shape index (κ2) is 7.22. The van der Waals surface area contributed by atoms with Crippen LogP contribution in [-0.2, 0) is 10.0 Å². The first-order chi connectivity index (χ1) is 8.75. The molecule has 19 heavy (non-hydrogen) atoms. The summed E-state index contributed by atoms with van der Waals surface area (Å²) in [5.74, 6) is -0.930. The molecule has 0 aliphatic heterocycles. The maximum atomic E-state index is 13.5. The molecule has 1 N–H and O–H groups in total. The summed E-state index contributed by atoms with van der Waals surface area (Å²) in [6.07, 6.45) is 1.49. The SMILES string of the molecule is CC(Br)CCCNS(=O)(=O)c1ccc(Cl)c(F)c1Cl. The minimum absolute atomic E-state index is 0.211. The smallest absolute Gasteiger partial charge is 0.211 e. The molecular weight excluding hydrogens is 380 g/mol. The molecule has 0 aliphatic rings. The number of alkyl halides is 1. The second-order valence-corrected chi connectivity index (χ2v) is 8.08. The Hall–Kier alpha value is 0.120. The van der Waals surface area contributed by atoms with Gasteiger partial charge in [-0.3, -0.25) is 0 Å². The normalized spacial score (nSPS) is 13.5.